The molecule has 7 heteroatoms. The molecule has 1 heterocycles. The van der Waals surface area contributed by atoms with Gasteiger partial charge in [0.25, 0.3) is 0 Å². The summed E-state index contributed by atoms with van der Waals surface area (Å²) in [6.45, 7) is 0. The number of halogens is 4. The molecule has 0 fully saturated rings. The van der Waals surface area contributed by atoms with E-state index in [0.29, 0.717) is 17.8 Å². The molecular formula is C12H10F4N2O. The summed E-state index contributed by atoms with van der Waals surface area (Å²) in [6.07, 6.45) is -4.55. The van der Waals surface area contributed by atoms with Crippen molar-refractivity contribution >= 4 is 0 Å². The number of hydrogen-bond donors (Lipinski definition) is 1. The van der Waals surface area contributed by atoms with Crippen LogP contribution in [-0.2, 0) is 13.2 Å². The predicted octanol–water partition coefficient (Wildman–Crippen LogP) is 2.66. The molecule has 1 aromatic heterocycles. The maximum Gasteiger partial charge on any atom is 0.419 e. The molecule has 0 aliphatic carbocycles. The van der Waals surface area contributed by atoms with Crippen LogP contribution in [-0.4, -0.2) is 14.9 Å². The molecular weight excluding hydrogens is 264 g/mol. The molecule has 0 saturated heterocycles. The highest BCUT2D eigenvalue weighted by Gasteiger charge is 2.34. The lowest BCUT2D eigenvalue weighted by molar-refractivity contribution is -0.140. The van der Waals surface area contributed by atoms with Crippen LogP contribution in [0.3, 0.4) is 0 Å². The Morgan fingerprint density at radius 2 is 1.95 bits per heavy atom. The number of aromatic nitrogens is 2. The topological polar surface area (TPSA) is 38.0 Å². The fraction of sp³-hybridized carbons (Fsp3) is 0.250. The van der Waals surface area contributed by atoms with Gasteiger partial charge in [0.1, 0.15) is 11.9 Å². The zero-order chi connectivity index (χ0) is 14.2. The molecule has 0 spiro atoms. The minimum atomic E-state index is -4.75. The van der Waals surface area contributed by atoms with Crippen LogP contribution < -0.4 is 0 Å². The third kappa shape index (κ3) is 2.60. The quantitative estimate of drug-likeness (QED) is 0.855. The minimum Gasteiger partial charge on any atom is -0.382 e. The Hall–Kier alpha value is -1.89. The standard InChI is InChI=1S/C12H10F4N2O/c1-18-10(4-5-17-18)11(19)7-2-3-8(9(13)6-7)12(14,15)16/h2-6,11,19H,1H3. The molecule has 0 bridgehead atoms. The van der Waals surface area contributed by atoms with Gasteiger partial charge in [-0.2, -0.15) is 18.3 Å². The van der Waals surface area contributed by atoms with Crippen molar-refractivity contribution in [2.45, 2.75) is 12.3 Å². The molecule has 3 nitrogen and oxygen atoms in total. The van der Waals surface area contributed by atoms with Crippen LogP contribution in [0.2, 0.25) is 0 Å². The molecule has 102 valence electrons. The van der Waals surface area contributed by atoms with Gasteiger partial charge < -0.3 is 5.11 Å². The second-order valence-electron chi connectivity index (χ2n) is 4.02. The fourth-order valence-electron chi connectivity index (χ4n) is 1.75. The first-order chi connectivity index (χ1) is 8.80. The molecule has 0 aliphatic rings. The SMILES string of the molecule is Cn1nccc1C(O)c1ccc(C(F)(F)F)c(F)c1. The highest BCUT2D eigenvalue weighted by molar-refractivity contribution is 5.31. The van der Waals surface area contributed by atoms with Gasteiger partial charge in [0.05, 0.1) is 11.3 Å². The van der Waals surface area contributed by atoms with Crippen molar-refractivity contribution in [2.24, 2.45) is 7.05 Å². The number of aliphatic hydroxyl groups is 1. The molecule has 0 saturated carbocycles. The Balaban J connectivity index is 2.38. The molecule has 2 aromatic rings. The van der Waals surface area contributed by atoms with Crippen molar-refractivity contribution in [1.82, 2.24) is 9.78 Å². The van der Waals surface area contributed by atoms with Crippen LogP contribution in [0.15, 0.2) is 30.5 Å². The van der Waals surface area contributed by atoms with Crippen molar-refractivity contribution < 1.29 is 22.7 Å². The second-order valence-corrected chi connectivity index (χ2v) is 4.02. The van der Waals surface area contributed by atoms with E-state index in [1.54, 1.807) is 7.05 Å². The number of alkyl halides is 3. The van der Waals surface area contributed by atoms with E-state index in [-0.39, 0.29) is 5.56 Å². The van der Waals surface area contributed by atoms with Crippen LogP contribution in [0.5, 0.6) is 0 Å². The Kier molecular flexibility index (Phi) is 3.32. The number of aliphatic hydroxyl groups excluding tert-OH is 1. The minimum absolute atomic E-state index is 0.0362. The maximum absolute atomic E-state index is 13.4. The molecule has 1 N–H and O–H groups in total. The van der Waals surface area contributed by atoms with E-state index in [9.17, 15) is 22.7 Å². The molecule has 2 rings (SSSR count). The second kappa shape index (κ2) is 4.65. The third-order valence-electron chi connectivity index (χ3n) is 2.75. The monoisotopic (exact) mass is 274 g/mol. The lowest BCUT2D eigenvalue weighted by Crippen LogP contribution is -2.11. The molecule has 0 aliphatic heterocycles. The van der Waals surface area contributed by atoms with Crippen molar-refractivity contribution in [3.8, 4) is 0 Å². The zero-order valence-electron chi connectivity index (χ0n) is 9.82. The van der Waals surface area contributed by atoms with Crippen molar-refractivity contribution in [2.75, 3.05) is 0 Å². The van der Waals surface area contributed by atoms with Crippen LogP contribution in [0.1, 0.15) is 22.9 Å². The van der Waals surface area contributed by atoms with Gasteiger partial charge in [0, 0.05) is 13.2 Å². The third-order valence-corrected chi connectivity index (χ3v) is 2.75. The highest BCUT2D eigenvalue weighted by Crippen LogP contribution is 2.33. The first kappa shape index (κ1) is 13.5. The van der Waals surface area contributed by atoms with Gasteiger partial charge in [0.2, 0.25) is 0 Å². The van der Waals surface area contributed by atoms with Crippen LogP contribution >= 0.6 is 0 Å². The van der Waals surface area contributed by atoms with Crippen LogP contribution in [0.4, 0.5) is 17.6 Å². The fourth-order valence-corrected chi connectivity index (χ4v) is 1.75. The first-order valence-corrected chi connectivity index (χ1v) is 5.33. The van der Waals surface area contributed by atoms with Crippen molar-refractivity contribution in [1.29, 1.82) is 0 Å². The average molecular weight is 274 g/mol. The summed E-state index contributed by atoms with van der Waals surface area (Å²) in [5, 5.41) is 13.8. The number of nitrogens with zero attached hydrogens (tertiary/aromatic N) is 2. The van der Waals surface area contributed by atoms with Gasteiger partial charge in [-0.25, -0.2) is 4.39 Å². The van der Waals surface area contributed by atoms with E-state index in [4.69, 9.17) is 0 Å². The number of benzene rings is 1. The van der Waals surface area contributed by atoms with Gasteiger partial charge >= 0.3 is 6.18 Å². The molecule has 1 unspecified atom stereocenters. The number of hydrogen-bond acceptors (Lipinski definition) is 2. The Morgan fingerprint density at radius 1 is 1.26 bits per heavy atom. The maximum atomic E-state index is 13.4. The molecule has 0 radical (unpaired) electrons. The largest absolute Gasteiger partial charge is 0.419 e. The van der Waals surface area contributed by atoms with Gasteiger partial charge in [-0.05, 0) is 23.8 Å². The van der Waals surface area contributed by atoms with Gasteiger partial charge in [0.15, 0.2) is 0 Å². The summed E-state index contributed by atoms with van der Waals surface area (Å²) in [4.78, 5) is 0. The molecule has 0 amide bonds. The van der Waals surface area contributed by atoms with Crippen molar-refractivity contribution in [3.63, 3.8) is 0 Å². The lowest BCUT2D eigenvalue weighted by atomic mass is 10.0. The molecule has 19 heavy (non-hydrogen) atoms. The smallest absolute Gasteiger partial charge is 0.382 e. The van der Waals surface area contributed by atoms with E-state index >= 15 is 0 Å². The lowest BCUT2D eigenvalue weighted by Gasteiger charge is -2.14. The van der Waals surface area contributed by atoms with Gasteiger partial charge in [-0.15, -0.1) is 0 Å². The summed E-state index contributed by atoms with van der Waals surface area (Å²) < 4.78 is 52.0. The summed E-state index contributed by atoms with van der Waals surface area (Å²) >= 11 is 0. The first-order valence-electron chi connectivity index (χ1n) is 5.33. The summed E-state index contributed by atoms with van der Waals surface area (Å²) in [5.74, 6) is -1.41. The number of rotatable bonds is 2. The van der Waals surface area contributed by atoms with E-state index < -0.39 is 23.7 Å². The van der Waals surface area contributed by atoms with E-state index in [1.165, 1.54) is 16.9 Å². The Bertz CT molecular complexity index is 592. The molecule has 1 aromatic carbocycles. The normalized spacial score (nSPS) is 13.6. The summed E-state index contributed by atoms with van der Waals surface area (Å²) in [5.41, 5.74) is -0.957. The summed E-state index contributed by atoms with van der Waals surface area (Å²) in [7, 11) is 1.57. The van der Waals surface area contributed by atoms with Crippen molar-refractivity contribution in [3.05, 3.63) is 53.1 Å². The molecule has 1 atom stereocenters. The Labute approximate surface area is 106 Å². The highest BCUT2D eigenvalue weighted by atomic mass is 19.4. The van der Waals surface area contributed by atoms with Crippen LogP contribution in [0.25, 0.3) is 0 Å². The van der Waals surface area contributed by atoms with Gasteiger partial charge in [-0.1, -0.05) is 6.07 Å². The van der Waals surface area contributed by atoms with E-state index in [1.807, 2.05) is 0 Å². The van der Waals surface area contributed by atoms with E-state index in [0.717, 1.165) is 6.07 Å². The Morgan fingerprint density at radius 3 is 2.42 bits per heavy atom. The van der Waals surface area contributed by atoms with E-state index in [2.05, 4.69) is 5.10 Å². The zero-order valence-corrected chi connectivity index (χ0v) is 9.82. The summed E-state index contributed by atoms with van der Waals surface area (Å²) in [6, 6.07) is 3.84. The average Bonchev–Trinajstić information content (AvgIpc) is 2.72. The van der Waals surface area contributed by atoms with Crippen LogP contribution in [0, 0.1) is 5.82 Å². The predicted molar refractivity (Wildman–Crippen MR) is 58.7 cm³/mol. The number of aryl methyl sites for hydroxylation is 1. The van der Waals surface area contributed by atoms with Gasteiger partial charge in [-0.3, -0.25) is 4.68 Å².